The van der Waals surface area contributed by atoms with Crippen LogP contribution >= 0.6 is 0 Å². The van der Waals surface area contributed by atoms with Crippen LogP contribution in [0.25, 0.3) is 0 Å². The number of fused-ring (bicyclic) bond motifs is 1. The second kappa shape index (κ2) is 7.71. The molecule has 0 aromatic rings. The summed E-state index contributed by atoms with van der Waals surface area (Å²) in [5, 5.41) is 41.1. The minimum atomic E-state index is -1.37. The summed E-state index contributed by atoms with van der Waals surface area (Å²) in [6, 6.07) is 0. The summed E-state index contributed by atoms with van der Waals surface area (Å²) in [5.41, 5.74) is 0. The Morgan fingerprint density at radius 2 is 1.64 bits per heavy atom. The van der Waals surface area contributed by atoms with Crippen molar-refractivity contribution < 1.29 is 44.1 Å². The molecule has 0 saturated carbocycles. The van der Waals surface area contributed by atoms with E-state index in [2.05, 4.69) is 0 Å². The summed E-state index contributed by atoms with van der Waals surface area (Å²) >= 11 is 0. The van der Waals surface area contributed by atoms with Crippen molar-refractivity contribution in [2.45, 2.75) is 94.7 Å². The molecule has 9 nitrogen and oxygen atoms in total. The molecule has 0 bridgehead atoms. The van der Waals surface area contributed by atoms with Gasteiger partial charge in [0.2, 0.25) is 0 Å². The van der Waals surface area contributed by atoms with Gasteiger partial charge < -0.3 is 44.1 Å². The molecule has 3 fully saturated rings. The highest BCUT2D eigenvalue weighted by atomic mass is 16.8. The van der Waals surface area contributed by atoms with Gasteiger partial charge in [0.25, 0.3) is 0 Å². The zero-order valence-corrected chi connectivity index (χ0v) is 14.6. The predicted octanol–water partition coefficient (Wildman–Crippen LogP) is -1.50. The van der Waals surface area contributed by atoms with E-state index in [0.29, 0.717) is 6.42 Å². The quantitative estimate of drug-likeness (QED) is 0.473. The molecule has 0 spiro atoms. The molecular weight excluding hydrogens is 336 g/mol. The average molecular weight is 364 g/mol. The van der Waals surface area contributed by atoms with Gasteiger partial charge in [0, 0.05) is 0 Å². The number of aliphatic hydroxyl groups is 4. The molecule has 11 atom stereocenters. The van der Waals surface area contributed by atoms with E-state index >= 15 is 0 Å². The number of rotatable bonds is 3. The molecule has 0 amide bonds. The van der Waals surface area contributed by atoms with Crippen LogP contribution in [0.1, 0.15) is 27.2 Å². The summed E-state index contributed by atoms with van der Waals surface area (Å²) < 4.78 is 27.9. The molecule has 4 N–H and O–H groups in total. The van der Waals surface area contributed by atoms with Crippen molar-refractivity contribution in [2.75, 3.05) is 6.61 Å². The van der Waals surface area contributed by atoms with E-state index in [1.807, 2.05) is 6.92 Å². The van der Waals surface area contributed by atoms with E-state index < -0.39 is 67.5 Å². The third kappa shape index (κ3) is 3.71. The van der Waals surface area contributed by atoms with Crippen LogP contribution < -0.4 is 0 Å². The van der Waals surface area contributed by atoms with Gasteiger partial charge in [0.1, 0.15) is 42.7 Å². The SMILES string of the molecule is CCC1O[C@@H](C)C(O)[C@@H](O)[C@@H]1O[C@H]1OC2COC(C)O[C@H]2[C@H](O)C1O. The van der Waals surface area contributed by atoms with Crippen LogP contribution in [-0.2, 0) is 23.7 Å². The third-order valence-electron chi connectivity index (χ3n) is 5.10. The van der Waals surface area contributed by atoms with Gasteiger partial charge in [-0.15, -0.1) is 0 Å². The van der Waals surface area contributed by atoms with Gasteiger partial charge in [0.15, 0.2) is 12.6 Å². The summed E-state index contributed by atoms with van der Waals surface area (Å²) in [6.07, 6.45) is -9.30. The molecule has 0 aromatic heterocycles. The predicted molar refractivity (Wildman–Crippen MR) is 82.5 cm³/mol. The molecule has 0 aliphatic carbocycles. The van der Waals surface area contributed by atoms with Crippen LogP contribution in [0.15, 0.2) is 0 Å². The smallest absolute Gasteiger partial charge is 0.187 e. The Hall–Kier alpha value is -0.360. The van der Waals surface area contributed by atoms with E-state index in [0.717, 1.165) is 0 Å². The Morgan fingerprint density at radius 1 is 0.920 bits per heavy atom. The Labute approximate surface area is 146 Å². The van der Waals surface area contributed by atoms with Crippen molar-refractivity contribution in [1.82, 2.24) is 0 Å². The maximum absolute atomic E-state index is 10.4. The number of hydrogen-bond acceptors (Lipinski definition) is 9. The molecule has 9 heteroatoms. The van der Waals surface area contributed by atoms with Crippen molar-refractivity contribution >= 4 is 0 Å². The van der Waals surface area contributed by atoms with E-state index in [1.165, 1.54) is 0 Å². The van der Waals surface area contributed by atoms with Gasteiger partial charge >= 0.3 is 0 Å². The number of ether oxygens (including phenoxy) is 5. The van der Waals surface area contributed by atoms with Crippen LogP contribution in [0, 0.1) is 0 Å². The molecule has 0 radical (unpaired) electrons. The van der Waals surface area contributed by atoms with Gasteiger partial charge in [0.05, 0.1) is 18.8 Å². The van der Waals surface area contributed by atoms with Crippen LogP contribution in [-0.4, -0.2) is 94.5 Å². The fourth-order valence-electron chi connectivity index (χ4n) is 3.59. The second-order valence-electron chi connectivity index (χ2n) is 6.90. The minimum Gasteiger partial charge on any atom is -0.388 e. The molecule has 5 unspecified atom stereocenters. The molecule has 3 aliphatic rings. The highest BCUT2D eigenvalue weighted by Gasteiger charge is 2.51. The average Bonchev–Trinajstić information content (AvgIpc) is 2.60. The van der Waals surface area contributed by atoms with E-state index in [-0.39, 0.29) is 6.61 Å². The first kappa shape index (κ1) is 19.4. The highest BCUT2D eigenvalue weighted by molar-refractivity contribution is 4.95. The van der Waals surface area contributed by atoms with E-state index in [9.17, 15) is 20.4 Å². The summed E-state index contributed by atoms with van der Waals surface area (Å²) in [4.78, 5) is 0. The normalized spacial score (nSPS) is 54.1. The molecule has 3 heterocycles. The maximum Gasteiger partial charge on any atom is 0.187 e. The number of hydrogen-bond donors (Lipinski definition) is 4. The van der Waals surface area contributed by atoms with Crippen LogP contribution in [0.5, 0.6) is 0 Å². The van der Waals surface area contributed by atoms with Gasteiger partial charge in [-0.3, -0.25) is 0 Å². The monoisotopic (exact) mass is 364 g/mol. The van der Waals surface area contributed by atoms with Crippen LogP contribution in [0.4, 0.5) is 0 Å². The van der Waals surface area contributed by atoms with E-state index in [4.69, 9.17) is 23.7 Å². The lowest BCUT2D eigenvalue weighted by molar-refractivity contribution is -0.374. The van der Waals surface area contributed by atoms with Gasteiger partial charge in [-0.2, -0.15) is 0 Å². The van der Waals surface area contributed by atoms with Crippen molar-refractivity contribution in [3.05, 3.63) is 0 Å². The fraction of sp³-hybridized carbons (Fsp3) is 1.00. The van der Waals surface area contributed by atoms with Gasteiger partial charge in [-0.1, -0.05) is 6.92 Å². The maximum atomic E-state index is 10.4. The standard InChI is InChI=1S/C16H28O9/c1-4-8-14(11(18)10(17)6(2)22-8)25-16-13(20)12(19)15-9(24-16)5-21-7(3)23-15/h6-20H,4-5H2,1-3H3/t6-,7?,8?,9?,10?,11+,12+,13?,14+,15+,16+/m0/s1. The summed E-state index contributed by atoms with van der Waals surface area (Å²) in [6.45, 7) is 5.43. The third-order valence-corrected chi connectivity index (χ3v) is 5.10. The zero-order chi connectivity index (χ0) is 18.3. The summed E-state index contributed by atoms with van der Waals surface area (Å²) in [7, 11) is 0. The molecule has 25 heavy (non-hydrogen) atoms. The van der Waals surface area contributed by atoms with Crippen molar-refractivity contribution in [3.8, 4) is 0 Å². The lowest BCUT2D eigenvalue weighted by Crippen LogP contribution is -2.65. The lowest BCUT2D eigenvalue weighted by Gasteiger charge is -2.48. The molecule has 146 valence electrons. The zero-order valence-electron chi connectivity index (χ0n) is 14.6. The first-order valence-corrected chi connectivity index (χ1v) is 8.79. The first-order valence-electron chi connectivity index (χ1n) is 8.79. The molecule has 3 rings (SSSR count). The Bertz CT molecular complexity index is 445. The number of aliphatic hydroxyl groups excluding tert-OH is 4. The van der Waals surface area contributed by atoms with Gasteiger partial charge in [-0.05, 0) is 20.3 Å². The second-order valence-corrected chi connectivity index (χ2v) is 6.90. The Balaban J connectivity index is 1.71. The van der Waals surface area contributed by atoms with Crippen LogP contribution in [0.3, 0.4) is 0 Å². The topological polar surface area (TPSA) is 127 Å². The Morgan fingerprint density at radius 3 is 2.32 bits per heavy atom. The highest BCUT2D eigenvalue weighted by Crippen LogP contribution is 2.32. The Kier molecular flexibility index (Phi) is 5.98. The molecule has 3 aliphatic heterocycles. The summed E-state index contributed by atoms with van der Waals surface area (Å²) in [5.74, 6) is 0. The van der Waals surface area contributed by atoms with Gasteiger partial charge in [-0.25, -0.2) is 0 Å². The van der Waals surface area contributed by atoms with Crippen LogP contribution in [0.2, 0.25) is 0 Å². The van der Waals surface area contributed by atoms with Crippen molar-refractivity contribution in [1.29, 1.82) is 0 Å². The van der Waals surface area contributed by atoms with Crippen molar-refractivity contribution in [2.24, 2.45) is 0 Å². The molecule has 0 aromatic carbocycles. The molecule has 3 saturated heterocycles. The van der Waals surface area contributed by atoms with E-state index in [1.54, 1.807) is 13.8 Å². The fourth-order valence-corrected chi connectivity index (χ4v) is 3.59. The first-order chi connectivity index (χ1) is 11.8. The largest absolute Gasteiger partial charge is 0.388 e. The lowest BCUT2D eigenvalue weighted by atomic mass is 9.93. The van der Waals surface area contributed by atoms with Crippen molar-refractivity contribution in [3.63, 3.8) is 0 Å². The minimum absolute atomic E-state index is 0.191. The molecular formula is C16H28O9.